The van der Waals surface area contributed by atoms with Gasteiger partial charge in [0.05, 0.1) is 24.0 Å². The zero-order valence-corrected chi connectivity index (χ0v) is 22.8. The van der Waals surface area contributed by atoms with E-state index in [0.29, 0.717) is 10.8 Å². The van der Waals surface area contributed by atoms with E-state index in [1.54, 1.807) is 17.8 Å². The number of carbonyl (C=O) groups excluding carboxylic acids is 2. The Morgan fingerprint density at radius 1 is 1.05 bits per heavy atom. The Hall–Kier alpha value is -2.78. The first-order valence-corrected chi connectivity index (χ1v) is 13.6. The average molecular weight is 550 g/mol. The number of alkyl halides is 3. The van der Waals surface area contributed by atoms with Crippen molar-refractivity contribution in [3.05, 3.63) is 75.0 Å². The number of halogens is 3. The van der Waals surface area contributed by atoms with Crippen molar-refractivity contribution in [2.45, 2.75) is 44.7 Å². The highest BCUT2D eigenvalue weighted by Crippen LogP contribution is 2.35. The first kappa shape index (κ1) is 28.8. The van der Waals surface area contributed by atoms with Gasteiger partial charge in [-0.3, -0.25) is 9.59 Å². The van der Waals surface area contributed by atoms with E-state index in [2.05, 4.69) is 29.1 Å². The molecule has 0 radical (unpaired) electrons. The number of carbonyl (C=O) groups is 2. The van der Waals surface area contributed by atoms with Gasteiger partial charge in [0.2, 0.25) is 0 Å². The number of benzene rings is 2. The molecule has 0 spiro atoms. The second-order valence-corrected chi connectivity index (χ2v) is 11.2. The average Bonchev–Trinajstić information content (AvgIpc) is 3.30. The van der Waals surface area contributed by atoms with Crippen LogP contribution >= 0.6 is 23.1 Å². The molecule has 1 N–H and O–H groups in total. The van der Waals surface area contributed by atoms with Crippen molar-refractivity contribution in [2.75, 3.05) is 19.4 Å². The maximum Gasteiger partial charge on any atom is 0.416 e. The van der Waals surface area contributed by atoms with Crippen molar-refractivity contribution in [1.29, 1.82) is 0 Å². The fourth-order valence-electron chi connectivity index (χ4n) is 4.01. The minimum Gasteiger partial charge on any atom is -0.469 e. The van der Waals surface area contributed by atoms with Gasteiger partial charge >= 0.3 is 12.1 Å². The SMILES string of the molecule is COC(=O)CCNC(=O)c1ccc(CC(C)CSc2cc(C)c(-c3ccc(C(F)(F)F)cc3)c(C)c2)s1. The van der Waals surface area contributed by atoms with Crippen LogP contribution < -0.4 is 5.32 Å². The van der Waals surface area contributed by atoms with Gasteiger partial charge in [0.25, 0.3) is 5.91 Å². The summed E-state index contributed by atoms with van der Waals surface area (Å²) >= 11 is 3.20. The van der Waals surface area contributed by atoms with Crippen molar-refractivity contribution < 1.29 is 27.5 Å². The van der Waals surface area contributed by atoms with Crippen molar-refractivity contribution in [1.82, 2.24) is 5.32 Å². The van der Waals surface area contributed by atoms with Crippen LogP contribution in [0, 0.1) is 19.8 Å². The third-order valence-electron chi connectivity index (χ3n) is 5.82. The Balaban J connectivity index is 1.56. The topological polar surface area (TPSA) is 55.4 Å². The number of rotatable bonds is 10. The number of esters is 1. The van der Waals surface area contributed by atoms with Crippen molar-refractivity contribution in [3.8, 4) is 11.1 Å². The number of amides is 1. The maximum atomic E-state index is 12.9. The quantitative estimate of drug-likeness (QED) is 0.213. The highest BCUT2D eigenvalue weighted by Gasteiger charge is 2.30. The molecule has 0 saturated carbocycles. The Morgan fingerprint density at radius 2 is 1.70 bits per heavy atom. The number of methoxy groups -OCH3 is 1. The highest BCUT2D eigenvalue weighted by atomic mass is 32.2. The molecule has 0 aliphatic carbocycles. The van der Waals surface area contributed by atoms with Gasteiger partial charge < -0.3 is 10.1 Å². The van der Waals surface area contributed by atoms with Gasteiger partial charge in [-0.15, -0.1) is 23.1 Å². The van der Waals surface area contributed by atoms with Gasteiger partial charge in [-0.2, -0.15) is 13.2 Å². The molecule has 0 saturated heterocycles. The summed E-state index contributed by atoms with van der Waals surface area (Å²) in [6.45, 7) is 6.37. The van der Waals surface area contributed by atoms with Gasteiger partial charge in [0, 0.05) is 22.1 Å². The molecule has 3 aromatic rings. The second-order valence-electron chi connectivity index (χ2n) is 8.98. The van der Waals surface area contributed by atoms with E-state index in [4.69, 9.17) is 0 Å². The Kier molecular flexibility index (Phi) is 9.84. The van der Waals surface area contributed by atoms with Crippen LogP contribution in [0.1, 0.15) is 44.6 Å². The molecule has 1 unspecified atom stereocenters. The zero-order chi connectivity index (χ0) is 27.2. The summed E-state index contributed by atoms with van der Waals surface area (Å²) in [4.78, 5) is 26.3. The Bertz CT molecular complexity index is 1210. The van der Waals surface area contributed by atoms with Gasteiger partial charge in [-0.05, 0) is 84.8 Å². The summed E-state index contributed by atoms with van der Waals surface area (Å²) in [6, 6.07) is 13.2. The molecule has 0 aliphatic heterocycles. The second kappa shape index (κ2) is 12.6. The third-order valence-corrected chi connectivity index (χ3v) is 8.23. The minimum absolute atomic E-state index is 0.138. The molecule has 198 valence electrons. The van der Waals surface area contributed by atoms with Gasteiger partial charge in [0.1, 0.15) is 0 Å². The first-order valence-electron chi connectivity index (χ1n) is 11.8. The Morgan fingerprint density at radius 3 is 2.30 bits per heavy atom. The zero-order valence-electron chi connectivity index (χ0n) is 21.2. The van der Waals surface area contributed by atoms with Gasteiger partial charge in [-0.1, -0.05) is 19.1 Å². The summed E-state index contributed by atoms with van der Waals surface area (Å²) < 4.78 is 43.3. The maximum absolute atomic E-state index is 12.9. The fraction of sp³-hybridized carbons (Fsp3) is 0.357. The highest BCUT2D eigenvalue weighted by molar-refractivity contribution is 7.99. The number of nitrogens with one attached hydrogen (secondary N) is 1. The molecule has 4 nitrogen and oxygen atoms in total. The molecule has 3 rings (SSSR count). The molecule has 1 amide bonds. The standard InChI is InChI=1S/C28H30F3NO3S2/c1-17(13-22-9-10-24(37-22)27(34)32-12-11-25(33)35-4)16-36-23-14-18(2)26(19(3)15-23)20-5-7-21(8-6-20)28(29,30)31/h5-10,14-15,17H,11-13,16H2,1-4H3,(H,32,34). The molecule has 1 atom stereocenters. The van der Waals surface area contributed by atoms with Crippen LogP contribution in [0.25, 0.3) is 11.1 Å². The lowest BCUT2D eigenvalue weighted by Crippen LogP contribution is -2.25. The first-order chi connectivity index (χ1) is 17.5. The monoisotopic (exact) mass is 549 g/mol. The van der Waals surface area contributed by atoms with E-state index in [1.165, 1.54) is 30.6 Å². The molecule has 2 aromatic carbocycles. The minimum atomic E-state index is -4.34. The lowest BCUT2D eigenvalue weighted by Gasteiger charge is -2.15. The summed E-state index contributed by atoms with van der Waals surface area (Å²) in [5.41, 5.74) is 3.13. The van der Waals surface area contributed by atoms with Crippen LogP contribution in [-0.4, -0.2) is 31.3 Å². The normalized spacial score (nSPS) is 12.3. The number of aryl methyl sites for hydroxylation is 2. The van der Waals surface area contributed by atoms with Crippen molar-refractivity contribution in [2.24, 2.45) is 5.92 Å². The molecule has 0 fully saturated rings. The van der Waals surface area contributed by atoms with Gasteiger partial charge in [0.15, 0.2) is 0 Å². The van der Waals surface area contributed by atoms with Crippen LogP contribution in [0.5, 0.6) is 0 Å². The third kappa shape index (κ3) is 8.10. The van der Waals surface area contributed by atoms with Crippen LogP contribution in [0.2, 0.25) is 0 Å². The van der Waals surface area contributed by atoms with E-state index in [9.17, 15) is 22.8 Å². The molecule has 9 heteroatoms. The lowest BCUT2D eigenvalue weighted by molar-refractivity contribution is -0.140. The molecule has 1 heterocycles. The van der Waals surface area contributed by atoms with Crippen LogP contribution in [0.4, 0.5) is 13.2 Å². The lowest BCUT2D eigenvalue weighted by atomic mass is 9.95. The smallest absolute Gasteiger partial charge is 0.416 e. The van der Waals surface area contributed by atoms with E-state index in [1.807, 2.05) is 19.9 Å². The van der Waals surface area contributed by atoms with E-state index >= 15 is 0 Å². The van der Waals surface area contributed by atoms with E-state index in [0.717, 1.165) is 56.3 Å². The summed E-state index contributed by atoms with van der Waals surface area (Å²) in [7, 11) is 1.32. The van der Waals surface area contributed by atoms with Crippen molar-refractivity contribution in [3.63, 3.8) is 0 Å². The van der Waals surface area contributed by atoms with Crippen LogP contribution in [0.3, 0.4) is 0 Å². The molecule has 37 heavy (non-hydrogen) atoms. The number of ether oxygens (including phenoxy) is 1. The van der Waals surface area contributed by atoms with Crippen molar-refractivity contribution >= 4 is 35.0 Å². The van der Waals surface area contributed by atoms with E-state index in [-0.39, 0.29) is 24.8 Å². The number of thiophene rings is 1. The Labute approximate surface area is 223 Å². The van der Waals surface area contributed by atoms with Crippen LogP contribution in [0.15, 0.2) is 53.4 Å². The van der Waals surface area contributed by atoms with Gasteiger partial charge in [-0.25, -0.2) is 0 Å². The molecule has 0 bridgehead atoms. The molecule has 1 aromatic heterocycles. The number of hydrogen-bond donors (Lipinski definition) is 1. The summed E-state index contributed by atoms with van der Waals surface area (Å²) in [6.07, 6.45) is -3.36. The number of thioether (sulfide) groups is 1. The molecular formula is C28H30F3NO3S2. The summed E-state index contributed by atoms with van der Waals surface area (Å²) in [5, 5.41) is 2.73. The van der Waals surface area contributed by atoms with E-state index < -0.39 is 11.7 Å². The predicted octanol–water partition coefficient (Wildman–Crippen LogP) is 7.31. The molecule has 0 aliphatic rings. The predicted molar refractivity (Wildman–Crippen MR) is 143 cm³/mol. The molecular weight excluding hydrogens is 519 g/mol. The summed E-state index contributed by atoms with van der Waals surface area (Å²) in [5.74, 6) is 0.699. The fourth-order valence-corrected chi connectivity index (χ4v) is 6.21. The number of hydrogen-bond acceptors (Lipinski definition) is 5. The van der Waals surface area contributed by atoms with Crippen LogP contribution in [-0.2, 0) is 22.1 Å². The largest absolute Gasteiger partial charge is 0.469 e.